The number of nitrogens with one attached hydrogen (secondary N) is 1. The average molecular weight is 281 g/mol. The van der Waals surface area contributed by atoms with Crippen molar-refractivity contribution in [2.75, 3.05) is 7.05 Å². The number of amides is 1. The van der Waals surface area contributed by atoms with Crippen LogP contribution < -0.4 is 5.32 Å². The lowest BCUT2D eigenvalue weighted by molar-refractivity contribution is 0.153. The highest BCUT2D eigenvalue weighted by atomic mass is 16.7. The number of hydrogen-bond acceptors (Lipinski definition) is 4. The highest BCUT2D eigenvalue weighted by Gasteiger charge is 2.20. The smallest absolute Gasteiger partial charge is 0.323 e. The number of fused-ring (bicyclic) bond motifs is 2. The van der Waals surface area contributed by atoms with Crippen LogP contribution in [0.25, 0.3) is 0 Å². The number of carbonyl (C=O) groups is 1. The van der Waals surface area contributed by atoms with Crippen LogP contribution in [0.4, 0.5) is 4.79 Å². The second-order valence-corrected chi connectivity index (χ2v) is 4.72. The summed E-state index contributed by atoms with van der Waals surface area (Å²) in [6.07, 6.45) is 2.91. The molecule has 0 aliphatic heterocycles. The predicted molar refractivity (Wildman–Crippen MR) is 79.3 cm³/mol. The van der Waals surface area contributed by atoms with Crippen molar-refractivity contribution in [2.45, 2.75) is 12.8 Å². The summed E-state index contributed by atoms with van der Waals surface area (Å²) in [5, 5.41) is 6.45. The summed E-state index contributed by atoms with van der Waals surface area (Å²) >= 11 is 0. The highest BCUT2D eigenvalue weighted by molar-refractivity contribution is 6.14. The molecule has 106 valence electrons. The second kappa shape index (κ2) is 5.75. The zero-order valence-corrected chi connectivity index (χ0v) is 11.7. The van der Waals surface area contributed by atoms with E-state index in [0.717, 1.165) is 29.7 Å². The van der Waals surface area contributed by atoms with Crippen molar-refractivity contribution in [2.24, 2.45) is 5.16 Å². The SMILES string of the molecule is CNC(=O)O/N=C1/c2ccccc2CCc2ncccc21. The Morgan fingerprint density at radius 3 is 2.86 bits per heavy atom. The molecule has 1 heterocycles. The van der Waals surface area contributed by atoms with Gasteiger partial charge in [-0.05, 0) is 30.5 Å². The van der Waals surface area contributed by atoms with Gasteiger partial charge in [-0.2, -0.15) is 0 Å². The molecular formula is C16H15N3O2. The molecule has 5 heteroatoms. The third-order valence-electron chi connectivity index (χ3n) is 3.47. The van der Waals surface area contributed by atoms with Gasteiger partial charge in [0.2, 0.25) is 0 Å². The zero-order chi connectivity index (χ0) is 14.7. The van der Waals surface area contributed by atoms with Gasteiger partial charge in [-0.25, -0.2) is 4.79 Å². The molecule has 5 nitrogen and oxygen atoms in total. The van der Waals surface area contributed by atoms with Crippen molar-refractivity contribution >= 4 is 11.8 Å². The summed E-state index contributed by atoms with van der Waals surface area (Å²) in [6.45, 7) is 0. The maximum Gasteiger partial charge on any atom is 0.433 e. The molecule has 3 rings (SSSR count). The van der Waals surface area contributed by atoms with Gasteiger partial charge >= 0.3 is 6.09 Å². The van der Waals surface area contributed by atoms with E-state index in [1.54, 1.807) is 6.20 Å². The van der Waals surface area contributed by atoms with Gasteiger partial charge in [0.15, 0.2) is 0 Å². The van der Waals surface area contributed by atoms with E-state index >= 15 is 0 Å². The molecule has 1 aliphatic carbocycles. The Bertz CT molecular complexity index is 661. The van der Waals surface area contributed by atoms with E-state index in [-0.39, 0.29) is 0 Å². The summed E-state index contributed by atoms with van der Waals surface area (Å²) in [7, 11) is 1.50. The van der Waals surface area contributed by atoms with Crippen molar-refractivity contribution in [3.05, 3.63) is 65.0 Å². The maximum atomic E-state index is 11.3. The van der Waals surface area contributed by atoms with Crippen LogP contribution in [0.1, 0.15) is 22.4 Å². The fourth-order valence-electron chi connectivity index (χ4n) is 2.45. The fraction of sp³-hybridized carbons (Fsp3) is 0.188. The van der Waals surface area contributed by atoms with Gasteiger partial charge < -0.3 is 5.32 Å². The number of carbonyl (C=O) groups excluding carboxylic acids is 1. The number of oxime groups is 1. The van der Waals surface area contributed by atoms with Crippen molar-refractivity contribution in [1.82, 2.24) is 10.3 Å². The van der Waals surface area contributed by atoms with Crippen LogP contribution in [-0.4, -0.2) is 23.8 Å². The standard InChI is InChI=1S/C16H15N3O2/c1-17-16(20)21-19-15-12-6-3-2-5-11(12)8-9-14-13(15)7-4-10-18-14/h2-7,10H,8-9H2,1H3,(H,17,20)/b19-15-. The number of pyridine rings is 1. The van der Waals surface area contributed by atoms with Gasteiger partial charge in [0.1, 0.15) is 5.71 Å². The van der Waals surface area contributed by atoms with E-state index in [1.807, 2.05) is 30.3 Å². The minimum atomic E-state index is -0.588. The molecule has 1 amide bonds. The third-order valence-corrected chi connectivity index (χ3v) is 3.47. The van der Waals surface area contributed by atoms with Crippen LogP contribution in [0, 0.1) is 0 Å². The Balaban J connectivity index is 2.13. The molecular weight excluding hydrogens is 266 g/mol. The maximum absolute atomic E-state index is 11.3. The van der Waals surface area contributed by atoms with Crippen molar-refractivity contribution in [3.8, 4) is 0 Å². The lowest BCUT2D eigenvalue weighted by Crippen LogP contribution is -2.18. The van der Waals surface area contributed by atoms with E-state index < -0.39 is 6.09 Å². The number of rotatable bonds is 1. The Hall–Kier alpha value is -2.69. The van der Waals surface area contributed by atoms with Crippen LogP contribution in [0.3, 0.4) is 0 Å². The minimum absolute atomic E-state index is 0.588. The molecule has 0 unspecified atom stereocenters. The average Bonchev–Trinajstić information content (AvgIpc) is 2.69. The van der Waals surface area contributed by atoms with Crippen LogP contribution in [0.2, 0.25) is 0 Å². The predicted octanol–water partition coefficient (Wildman–Crippen LogP) is 2.29. The number of benzene rings is 1. The normalized spacial score (nSPS) is 14.8. The number of hydrogen-bond donors (Lipinski definition) is 1. The minimum Gasteiger partial charge on any atom is -0.323 e. The molecule has 0 radical (unpaired) electrons. The summed E-state index contributed by atoms with van der Waals surface area (Å²) in [4.78, 5) is 20.6. The zero-order valence-electron chi connectivity index (χ0n) is 11.7. The molecule has 0 saturated carbocycles. The van der Waals surface area contributed by atoms with Crippen molar-refractivity contribution in [1.29, 1.82) is 0 Å². The monoisotopic (exact) mass is 281 g/mol. The largest absolute Gasteiger partial charge is 0.433 e. The summed E-state index contributed by atoms with van der Waals surface area (Å²) in [5.74, 6) is 0. The molecule has 0 fully saturated rings. The highest BCUT2D eigenvalue weighted by Crippen LogP contribution is 2.23. The molecule has 2 aromatic rings. The van der Waals surface area contributed by atoms with Crippen molar-refractivity contribution < 1.29 is 9.63 Å². The summed E-state index contributed by atoms with van der Waals surface area (Å²) < 4.78 is 0. The Morgan fingerprint density at radius 1 is 1.19 bits per heavy atom. The van der Waals surface area contributed by atoms with Gasteiger partial charge in [-0.3, -0.25) is 9.82 Å². The molecule has 0 spiro atoms. The third kappa shape index (κ3) is 2.63. The number of aromatic nitrogens is 1. The summed E-state index contributed by atoms with van der Waals surface area (Å²) in [6, 6.07) is 11.8. The second-order valence-electron chi connectivity index (χ2n) is 4.72. The van der Waals surface area contributed by atoms with E-state index in [0.29, 0.717) is 5.71 Å². The molecule has 1 aromatic heterocycles. The fourth-order valence-corrected chi connectivity index (χ4v) is 2.45. The lowest BCUT2D eigenvalue weighted by Gasteiger charge is -2.08. The molecule has 0 bridgehead atoms. The van der Waals surface area contributed by atoms with Crippen LogP contribution in [0.15, 0.2) is 47.8 Å². The Morgan fingerprint density at radius 2 is 2.00 bits per heavy atom. The molecule has 0 saturated heterocycles. The summed E-state index contributed by atoms with van der Waals surface area (Å²) in [5.41, 5.74) is 4.68. The Labute approximate surface area is 122 Å². The molecule has 1 N–H and O–H groups in total. The quantitative estimate of drug-likeness (QED) is 0.644. The van der Waals surface area contributed by atoms with Crippen LogP contribution >= 0.6 is 0 Å². The molecule has 1 aromatic carbocycles. The van der Waals surface area contributed by atoms with Crippen LogP contribution in [-0.2, 0) is 17.7 Å². The lowest BCUT2D eigenvalue weighted by atomic mass is 10.00. The molecule has 1 aliphatic rings. The van der Waals surface area contributed by atoms with Gasteiger partial charge in [-0.15, -0.1) is 0 Å². The van der Waals surface area contributed by atoms with E-state index in [9.17, 15) is 4.79 Å². The number of aryl methyl sites for hydroxylation is 2. The Kier molecular flexibility index (Phi) is 3.64. The first kappa shape index (κ1) is 13.3. The van der Waals surface area contributed by atoms with E-state index in [1.165, 1.54) is 12.6 Å². The topological polar surface area (TPSA) is 63.6 Å². The first-order chi connectivity index (χ1) is 10.3. The van der Waals surface area contributed by atoms with Gasteiger partial charge in [0.05, 0.1) is 5.69 Å². The molecule has 0 atom stereocenters. The van der Waals surface area contributed by atoms with E-state index in [4.69, 9.17) is 4.84 Å². The first-order valence-electron chi connectivity index (χ1n) is 6.79. The van der Waals surface area contributed by atoms with E-state index in [2.05, 4.69) is 21.5 Å². The van der Waals surface area contributed by atoms with Crippen molar-refractivity contribution in [3.63, 3.8) is 0 Å². The van der Waals surface area contributed by atoms with Gasteiger partial charge in [0, 0.05) is 24.4 Å². The van der Waals surface area contributed by atoms with Gasteiger partial charge in [-0.1, -0.05) is 29.4 Å². The number of nitrogens with zero attached hydrogens (tertiary/aromatic N) is 2. The first-order valence-corrected chi connectivity index (χ1v) is 6.79. The van der Waals surface area contributed by atoms with Crippen LogP contribution in [0.5, 0.6) is 0 Å². The molecule has 21 heavy (non-hydrogen) atoms. The van der Waals surface area contributed by atoms with Gasteiger partial charge in [0.25, 0.3) is 0 Å².